The Morgan fingerprint density at radius 2 is 2.44 bits per heavy atom. The highest BCUT2D eigenvalue weighted by molar-refractivity contribution is 5.78. The summed E-state index contributed by atoms with van der Waals surface area (Å²) >= 11 is 0. The second-order valence-corrected chi connectivity index (χ2v) is 2.28. The van der Waals surface area contributed by atoms with Crippen molar-refractivity contribution in [2.45, 2.75) is 25.8 Å². The summed E-state index contributed by atoms with van der Waals surface area (Å²) in [7, 11) is 0. The van der Waals surface area contributed by atoms with Crippen molar-refractivity contribution in [3.05, 3.63) is 0 Å². The third-order valence-corrected chi connectivity index (χ3v) is 1.26. The smallest absolute Gasteiger partial charge is 0.188 e. The fourth-order valence-electron chi connectivity index (χ4n) is 0.653. The lowest BCUT2D eigenvalue weighted by atomic mass is 10.7. The summed E-state index contributed by atoms with van der Waals surface area (Å²) in [6.07, 6.45) is 2.50. The summed E-state index contributed by atoms with van der Waals surface area (Å²) < 4.78 is 0. The monoisotopic (exact) mass is 127 g/mol. The first-order valence-corrected chi connectivity index (χ1v) is 3.39. The highest BCUT2D eigenvalue weighted by Crippen LogP contribution is 2.17. The van der Waals surface area contributed by atoms with E-state index in [1.165, 1.54) is 12.8 Å². The number of nitrogens with two attached hydrogens (primary N) is 1. The number of nitrogens with zero attached hydrogens (tertiary/aromatic N) is 1. The van der Waals surface area contributed by atoms with E-state index in [2.05, 4.69) is 10.3 Å². The van der Waals surface area contributed by atoms with Crippen molar-refractivity contribution in [3.8, 4) is 0 Å². The highest BCUT2D eigenvalue weighted by Gasteiger charge is 2.20. The van der Waals surface area contributed by atoms with Crippen LogP contribution in [0.4, 0.5) is 0 Å². The fourth-order valence-corrected chi connectivity index (χ4v) is 0.653. The zero-order valence-electron chi connectivity index (χ0n) is 5.72. The van der Waals surface area contributed by atoms with Gasteiger partial charge >= 0.3 is 0 Å². The minimum absolute atomic E-state index is 0.597. The van der Waals surface area contributed by atoms with E-state index in [0.717, 1.165) is 6.54 Å². The minimum atomic E-state index is 0.597. The van der Waals surface area contributed by atoms with Gasteiger partial charge in [-0.3, -0.25) is 4.99 Å². The van der Waals surface area contributed by atoms with Gasteiger partial charge in [0.05, 0.1) is 0 Å². The summed E-state index contributed by atoms with van der Waals surface area (Å²) in [5.74, 6) is 0.597. The Balaban J connectivity index is 2.15. The van der Waals surface area contributed by atoms with Gasteiger partial charge in [-0.15, -0.1) is 0 Å². The lowest BCUT2D eigenvalue weighted by molar-refractivity contribution is 0.885. The maximum atomic E-state index is 5.46. The van der Waals surface area contributed by atoms with Crippen LogP contribution in [0.2, 0.25) is 0 Å². The molecule has 0 amide bonds. The Morgan fingerprint density at radius 1 is 1.78 bits per heavy atom. The molecule has 0 aliphatic heterocycles. The van der Waals surface area contributed by atoms with E-state index in [0.29, 0.717) is 12.0 Å². The predicted molar refractivity (Wildman–Crippen MR) is 38.3 cm³/mol. The van der Waals surface area contributed by atoms with Gasteiger partial charge in [0.2, 0.25) is 0 Å². The first-order chi connectivity index (χ1) is 4.33. The summed E-state index contributed by atoms with van der Waals surface area (Å²) in [5.41, 5.74) is 5.46. The van der Waals surface area contributed by atoms with Crippen molar-refractivity contribution in [2.75, 3.05) is 6.54 Å². The number of aliphatic imine (C=N–C) groups is 1. The van der Waals surface area contributed by atoms with Crippen molar-refractivity contribution >= 4 is 5.96 Å². The normalized spacial score (nSPS) is 19.9. The Kier molecular flexibility index (Phi) is 1.92. The van der Waals surface area contributed by atoms with E-state index >= 15 is 0 Å². The van der Waals surface area contributed by atoms with Crippen molar-refractivity contribution in [1.29, 1.82) is 0 Å². The van der Waals surface area contributed by atoms with Crippen molar-refractivity contribution in [3.63, 3.8) is 0 Å². The van der Waals surface area contributed by atoms with Crippen LogP contribution in [0.15, 0.2) is 4.99 Å². The van der Waals surface area contributed by atoms with Crippen molar-refractivity contribution in [1.82, 2.24) is 5.32 Å². The molecule has 52 valence electrons. The summed E-state index contributed by atoms with van der Waals surface area (Å²) in [5, 5.41) is 3.08. The van der Waals surface area contributed by atoms with Gasteiger partial charge in [-0.1, -0.05) is 0 Å². The third kappa shape index (κ3) is 2.35. The van der Waals surface area contributed by atoms with E-state index in [-0.39, 0.29) is 0 Å². The molecule has 0 aromatic heterocycles. The van der Waals surface area contributed by atoms with Crippen LogP contribution in [0.25, 0.3) is 0 Å². The van der Waals surface area contributed by atoms with Gasteiger partial charge in [-0.25, -0.2) is 0 Å². The largest absolute Gasteiger partial charge is 0.370 e. The molecule has 0 heterocycles. The molecule has 0 spiro atoms. The predicted octanol–water partition coefficient (Wildman–Crippen LogP) is 0.0730. The number of hydrogen-bond donors (Lipinski definition) is 2. The van der Waals surface area contributed by atoms with Gasteiger partial charge in [0, 0.05) is 12.6 Å². The highest BCUT2D eigenvalue weighted by atomic mass is 15.1. The van der Waals surface area contributed by atoms with Crippen molar-refractivity contribution in [2.24, 2.45) is 10.7 Å². The van der Waals surface area contributed by atoms with Crippen LogP contribution in [0, 0.1) is 0 Å². The lowest BCUT2D eigenvalue weighted by Gasteiger charge is -1.99. The van der Waals surface area contributed by atoms with Gasteiger partial charge in [0.1, 0.15) is 0 Å². The zero-order chi connectivity index (χ0) is 6.69. The maximum Gasteiger partial charge on any atom is 0.188 e. The molecule has 0 bridgehead atoms. The van der Waals surface area contributed by atoms with Gasteiger partial charge in [-0.2, -0.15) is 0 Å². The molecule has 0 saturated heterocycles. The standard InChI is InChI=1S/C6H13N3/c1-2-8-6(7)9-5-3-4-5/h5H,2-4H2,1H3,(H3,7,8,9). The van der Waals surface area contributed by atoms with Crippen LogP contribution >= 0.6 is 0 Å². The number of hydrogen-bond acceptors (Lipinski definition) is 1. The Hall–Kier alpha value is -0.730. The molecule has 0 unspecified atom stereocenters. The van der Waals surface area contributed by atoms with Crippen LogP contribution in [-0.2, 0) is 0 Å². The Bertz CT molecular complexity index is 115. The molecule has 1 rings (SSSR count). The van der Waals surface area contributed by atoms with Crippen LogP contribution in [-0.4, -0.2) is 18.5 Å². The van der Waals surface area contributed by atoms with E-state index in [1.807, 2.05) is 6.92 Å². The number of guanidine groups is 1. The van der Waals surface area contributed by atoms with E-state index < -0.39 is 0 Å². The lowest BCUT2D eigenvalue weighted by Crippen LogP contribution is -2.33. The average molecular weight is 127 g/mol. The van der Waals surface area contributed by atoms with Gasteiger partial charge < -0.3 is 11.1 Å². The molecule has 0 radical (unpaired) electrons. The first kappa shape index (κ1) is 6.39. The molecule has 0 atom stereocenters. The summed E-state index contributed by atoms with van der Waals surface area (Å²) in [6.45, 7) is 2.74. The third-order valence-electron chi connectivity index (χ3n) is 1.26. The second-order valence-electron chi connectivity index (χ2n) is 2.28. The van der Waals surface area contributed by atoms with Crippen LogP contribution in [0.1, 0.15) is 19.8 Å². The summed E-state index contributed by atoms with van der Waals surface area (Å²) in [6, 6.07) is 0.625. The average Bonchev–Trinajstić information content (AvgIpc) is 2.50. The number of nitrogens with one attached hydrogen (secondary N) is 1. The quantitative estimate of drug-likeness (QED) is 0.407. The molecular formula is C6H13N3. The Labute approximate surface area is 55.3 Å². The fraction of sp³-hybridized carbons (Fsp3) is 0.833. The molecule has 1 fully saturated rings. The molecular weight excluding hydrogens is 114 g/mol. The van der Waals surface area contributed by atoms with Gasteiger partial charge in [0.25, 0.3) is 0 Å². The summed E-state index contributed by atoms with van der Waals surface area (Å²) in [4.78, 5) is 3.99. The van der Waals surface area contributed by atoms with Gasteiger partial charge in [-0.05, 0) is 19.8 Å². The van der Waals surface area contributed by atoms with Crippen LogP contribution in [0.5, 0.6) is 0 Å². The zero-order valence-corrected chi connectivity index (χ0v) is 5.72. The van der Waals surface area contributed by atoms with Crippen LogP contribution in [0.3, 0.4) is 0 Å². The number of rotatable bonds is 2. The van der Waals surface area contributed by atoms with E-state index in [4.69, 9.17) is 5.73 Å². The first-order valence-electron chi connectivity index (χ1n) is 3.39. The molecule has 0 aromatic rings. The molecule has 1 saturated carbocycles. The maximum absolute atomic E-state index is 5.46. The van der Waals surface area contributed by atoms with Crippen LogP contribution < -0.4 is 11.1 Å². The molecule has 3 nitrogen and oxygen atoms in total. The van der Waals surface area contributed by atoms with Gasteiger partial charge in [0.15, 0.2) is 5.96 Å². The van der Waals surface area contributed by atoms with Crippen molar-refractivity contribution < 1.29 is 0 Å². The SMILES string of the molecule is CCN=C(N)NC1CC1. The second kappa shape index (κ2) is 2.71. The molecule has 0 aromatic carbocycles. The Morgan fingerprint density at radius 3 is 2.89 bits per heavy atom. The topological polar surface area (TPSA) is 50.4 Å². The minimum Gasteiger partial charge on any atom is -0.370 e. The molecule has 3 N–H and O–H groups in total. The molecule has 9 heavy (non-hydrogen) atoms. The molecule has 3 heteroatoms. The molecule has 1 aliphatic carbocycles. The van der Waals surface area contributed by atoms with E-state index in [1.54, 1.807) is 0 Å². The van der Waals surface area contributed by atoms with E-state index in [9.17, 15) is 0 Å². The molecule has 1 aliphatic rings.